The van der Waals surface area contributed by atoms with Gasteiger partial charge < -0.3 is 0 Å². The van der Waals surface area contributed by atoms with Crippen molar-refractivity contribution in [2.75, 3.05) is 0 Å². The van der Waals surface area contributed by atoms with Crippen LogP contribution in [-0.2, 0) is 75.3 Å². The first-order chi connectivity index (χ1) is 20.5. The van der Waals surface area contributed by atoms with Crippen molar-refractivity contribution in [1.82, 2.24) is 0 Å². The fraction of sp³-hybridized carbons (Fsp3) is 0.120. The maximum absolute atomic E-state index is 13.1. The Kier molecular flexibility index (Phi) is 8.01. The SMILES string of the molecule is O=C(O)c1ccc2c(c1)C1(OC2=O)c2ccc(O)[c]([Hg][O]C(=O)C(F)(F)F)c2Oc2c1ccc(O)[c]2[Hg][O]C(=O)C(F)(F)F. The number of alkyl halides is 6. The molecule has 2 aliphatic heterocycles. The van der Waals surface area contributed by atoms with Gasteiger partial charge >= 0.3 is 267 Å². The summed E-state index contributed by atoms with van der Waals surface area (Å²) in [6.45, 7) is 0. The molecule has 0 fully saturated rings. The summed E-state index contributed by atoms with van der Waals surface area (Å²) < 4.78 is 97.2. The van der Waals surface area contributed by atoms with Crippen LogP contribution in [0.2, 0.25) is 0 Å². The number of esters is 1. The minimum absolute atomic E-state index is 0.130. The Labute approximate surface area is 265 Å². The number of hydrogen-bond acceptors (Lipinski definition) is 10. The van der Waals surface area contributed by atoms with Crippen LogP contribution in [0, 0.1) is 0 Å². The molecule has 5 rings (SSSR count). The number of fused-ring (bicyclic) bond motifs is 6. The van der Waals surface area contributed by atoms with Crippen molar-refractivity contribution in [2.45, 2.75) is 18.0 Å². The molecule has 2 heterocycles. The minimum atomic E-state index is -5.39. The van der Waals surface area contributed by atoms with Gasteiger partial charge in [-0.25, -0.2) is 0 Å². The number of carboxylic acid groups (broad SMARTS) is 1. The van der Waals surface area contributed by atoms with Crippen LogP contribution in [0.1, 0.15) is 37.4 Å². The zero-order valence-electron chi connectivity index (χ0n) is 21.3. The third-order valence-electron chi connectivity index (χ3n) is 6.70. The first-order valence-corrected chi connectivity index (χ1v) is 21.9. The molecule has 44 heavy (non-hydrogen) atoms. The molecule has 19 heteroatoms. The summed E-state index contributed by atoms with van der Waals surface area (Å²) >= 11 is -7.68. The Bertz CT molecular complexity index is 1690. The standard InChI is InChI=1S/C21H10O7.2C2HF3O2.2Hg/c22-11-2-5-14-17(8-11)27-18-9-12(23)3-6-15(18)21(14)16-7-10(19(24)25)1-4-13(16)20(26)28-21;2*3-2(4,5)1(6)7;;/h1-7,22-23H,(H,24,25);2*(H,6,7);;/q;;;2*+1/p-2. The maximum atomic E-state index is 13.1. The van der Waals surface area contributed by atoms with Gasteiger partial charge in [-0.2, -0.15) is 0 Å². The zero-order valence-corrected chi connectivity index (χ0v) is 32.3. The van der Waals surface area contributed by atoms with E-state index in [1.165, 1.54) is 0 Å². The summed E-state index contributed by atoms with van der Waals surface area (Å²) in [6, 6.07) is 7.55. The molecular formula is C25H10F6Hg2O11. The number of aromatic hydroxyl groups is 2. The van der Waals surface area contributed by atoms with Gasteiger partial charge in [0.25, 0.3) is 0 Å². The Balaban J connectivity index is 1.78. The molecule has 0 atom stereocenters. The van der Waals surface area contributed by atoms with Crippen LogP contribution >= 0.6 is 0 Å². The molecule has 0 amide bonds. The van der Waals surface area contributed by atoms with E-state index in [0.29, 0.717) is 0 Å². The third-order valence-corrected chi connectivity index (χ3v) is 17.4. The molecule has 0 saturated carbocycles. The van der Waals surface area contributed by atoms with E-state index in [1.54, 1.807) is 0 Å². The first-order valence-electron chi connectivity index (χ1n) is 11.9. The predicted octanol–water partition coefficient (Wildman–Crippen LogP) is 2.82. The summed E-state index contributed by atoms with van der Waals surface area (Å²) in [5.74, 6) is -9.95. The fourth-order valence-corrected chi connectivity index (χ4v) is 13.3. The van der Waals surface area contributed by atoms with Crippen LogP contribution in [0.3, 0.4) is 0 Å². The number of halogens is 6. The van der Waals surface area contributed by atoms with Gasteiger partial charge in [0.2, 0.25) is 0 Å². The van der Waals surface area contributed by atoms with E-state index in [-0.39, 0.29) is 27.8 Å². The van der Waals surface area contributed by atoms with Crippen molar-refractivity contribution in [3.63, 3.8) is 0 Å². The molecule has 0 unspecified atom stereocenters. The molecule has 222 valence electrons. The third kappa shape index (κ3) is 5.33. The van der Waals surface area contributed by atoms with Crippen LogP contribution in [-0.4, -0.2) is 51.5 Å². The monoisotopic (exact) mass is 1000 g/mol. The summed E-state index contributed by atoms with van der Waals surface area (Å²) in [7, 11) is 0. The van der Waals surface area contributed by atoms with E-state index < -0.39 is 121 Å². The van der Waals surface area contributed by atoms with Gasteiger partial charge in [0.1, 0.15) is 0 Å². The van der Waals surface area contributed by atoms with Gasteiger partial charge in [0.05, 0.1) is 0 Å². The number of benzene rings is 3. The van der Waals surface area contributed by atoms with Crippen molar-refractivity contribution < 1.29 is 126 Å². The van der Waals surface area contributed by atoms with Crippen molar-refractivity contribution in [3.8, 4) is 23.0 Å². The molecule has 3 aromatic carbocycles. The summed E-state index contributed by atoms with van der Waals surface area (Å²) in [5, 5.41) is 30.8. The Morgan fingerprint density at radius 1 is 0.750 bits per heavy atom. The second-order valence-corrected chi connectivity index (χ2v) is 19.3. The molecule has 3 N–H and O–H groups in total. The number of rotatable bonds is 5. The number of aromatic carboxylic acids is 1. The number of carbonyl (C=O) groups excluding carboxylic acids is 3. The Hall–Kier alpha value is -3.61. The molecule has 11 nitrogen and oxygen atoms in total. The molecule has 1 spiro atoms. The van der Waals surface area contributed by atoms with Crippen molar-refractivity contribution in [3.05, 3.63) is 70.3 Å². The number of phenolic OH excluding ortho intramolecular Hbond substituents is 2. The van der Waals surface area contributed by atoms with Crippen molar-refractivity contribution >= 4 is 30.0 Å². The van der Waals surface area contributed by atoms with Crippen LogP contribution in [0.15, 0.2) is 42.5 Å². The van der Waals surface area contributed by atoms with E-state index in [1.807, 2.05) is 0 Å². The summed E-state index contributed by atoms with van der Waals surface area (Å²) in [6.07, 6.45) is -10.8. The second kappa shape index (κ2) is 11.1. The molecule has 0 aromatic heterocycles. The van der Waals surface area contributed by atoms with Crippen molar-refractivity contribution in [2.24, 2.45) is 0 Å². The van der Waals surface area contributed by atoms with Gasteiger partial charge in [-0.15, -0.1) is 0 Å². The number of carboxylic acids is 1. The molecule has 0 bridgehead atoms. The van der Waals surface area contributed by atoms with Gasteiger partial charge in [0, 0.05) is 0 Å². The number of ether oxygens (including phenoxy) is 2. The van der Waals surface area contributed by atoms with Gasteiger partial charge in [-0.05, 0) is 0 Å². The number of carbonyl (C=O) groups is 4. The average Bonchev–Trinajstić information content (AvgIpc) is 3.22. The fourth-order valence-electron chi connectivity index (χ4n) is 4.78. The van der Waals surface area contributed by atoms with Crippen molar-refractivity contribution in [1.29, 1.82) is 0 Å². The topological polar surface area (TPSA) is 166 Å². The number of hydrogen-bond donors (Lipinski definition) is 3. The summed E-state index contributed by atoms with van der Waals surface area (Å²) in [5.41, 5.74) is -3.16. The van der Waals surface area contributed by atoms with Crippen LogP contribution in [0.25, 0.3) is 0 Å². The summed E-state index contributed by atoms with van der Waals surface area (Å²) in [4.78, 5) is 47.9. The van der Waals surface area contributed by atoms with E-state index in [0.717, 1.165) is 42.5 Å². The van der Waals surface area contributed by atoms with Crippen LogP contribution in [0.5, 0.6) is 23.0 Å². The van der Waals surface area contributed by atoms with Gasteiger partial charge in [-0.1, -0.05) is 0 Å². The van der Waals surface area contributed by atoms with Crippen LogP contribution in [0.4, 0.5) is 26.3 Å². The normalized spacial score (nSPS) is 14.2. The molecular weight excluding hydrogens is 991 g/mol. The van der Waals surface area contributed by atoms with Gasteiger partial charge in [0.15, 0.2) is 0 Å². The first kappa shape index (κ1) is 31.8. The Morgan fingerprint density at radius 3 is 1.66 bits per heavy atom. The quantitative estimate of drug-likeness (QED) is 0.196. The zero-order chi connectivity index (χ0) is 32.4. The van der Waals surface area contributed by atoms with E-state index in [9.17, 15) is 60.8 Å². The van der Waals surface area contributed by atoms with E-state index in [4.69, 9.17) is 9.47 Å². The molecule has 3 aromatic rings. The predicted molar refractivity (Wildman–Crippen MR) is 119 cm³/mol. The van der Waals surface area contributed by atoms with E-state index in [2.05, 4.69) is 5.29 Å². The van der Waals surface area contributed by atoms with Crippen LogP contribution < -0.4 is 10.9 Å². The van der Waals surface area contributed by atoms with E-state index >= 15 is 0 Å². The van der Waals surface area contributed by atoms with Gasteiger partial charge in [-0.3, -0.25) is 0 Å². The number of phenols is 2. The molecule has 0 aliphatic carbocycles. The average molecular weight is 1000 g/mol. The molecule has 0 saturated heterocycles. The molecule has 2 aliphatic rings. The molecule has 0 radical (unpaired) electrons. The second-order valence-electron chi connectivity index (χ2n) is 9.27. The Morgan fingerprint density at radius 2 is 1.23 bits per heavy atom.